The van der Waals surface area contributed by atoms with E-state index in [2.05, 4.69) is 12.2 Å². The van der Waals surface area contributed by atoms with Crippen molar-refractivity contribution in [3.8, 4) is 0 Å². The maximum atomic E-state index is 11.8. The van der Waals surface area contributed by atoms with Crippen molar-refractivity contribution in [3.63, 3.8) is 0 Å². The summed E-state index contributed by atoms with van der Waals surface area (Å²) in [6, 6.07) is 9.59. The number of aliphatic hydroxyl groups excluding tert-OH is 1. The number of unbranched alkanes of at least 4 members (excludes halogenated alkanes) is 8. The molecule has 1 aromatic rings. The molecule has 0 aliphatic heterocycles. The van der Waals surface area contributed by atoms with E-state index in [-0.39, 0.29) is 12.6 Å². The van der Waals surface area contributed by atoms with Gasteiger partial charge >= 0.3 is 6.09 Å². The molecule has 1 amide bonds. The van der Waals surface area contributed by atoms with Gasteiger partial charge in [0.1, 0.15) is 6.61 Å². The van der Waals surface area contributed by atoms with E-state index < -0.39 is 12.2 Å². The van der Waals surface area contributed by atoms with E-state index in [0.717, 1.165) is 18.4 Å². The Balaban J connectivity index is 2.01. The minimum atomic E-state index is -0.412. The average Bonchev–Trinajstić information content (AvgIpc) is 2.72. The normalized spacial score (nSPS) is 13.3. The largest absolute Gasteiger partial charge is 0.445 e. The number of ether oxygens (including phenoxy) is 1. The van der Waals surface area contributed by atoms with Gasteiger partial charge in [0.25, 0.3) is 0 Å². The van der Waals surface area contributed by atoms with Gasteiger partial charge in [0.2, 0.25) is 0 Å². The van der Waals surface area contributed by atoms with Gasteiger partial charge in [-0.1, -0.05) is 107 Å². The summed E-state index contributed by atoms with van der Waals surface area (Å²) >= 11 is 0. The lowest BCUT2D eigenvalue weighted by atomic mass is 10.0. The van der Waals surface area contributed by atoms with Crippen LogP contribution in [0.1, 0.15) is 90.0 Å². The predicted molar refractivity (Wildman–Crippen MR) is 121 cm³/mol. The van der Waals surface area contributed by atoms with Crippen LogP contribution in [0.5, 0.6) is 0 Å². The highest BCUT2D eigenvalue weighted by Crippen LogP contribution is 2.12. The summed E-state index contributed by atoms with van der Waals surface area (Å²) < 4.78 is 5.22. The van der Waals surface area contributed by atoms with Crippen LogP contribution < -0.4 is 5.32 Å². The lowest BCUT2D eigenvalue weighted by molar-refractivity contribution is 0.136. The molecule has 0 saturated carbocycles. The molecule has 0 spiro atoms. The van der Waals surface area contributed by atoms with Gasteiger partial charge in [-0.2, -0.15) is 0 Å². The van der Waals surface area contributed by atoms with Crippen LogP contribution in [0.25, 0.3) is 0 Å². The monoisotopic (exact) mass is 403 g/mol. The molecule has 164 valence electrons. The lowest BCUT2D eigenvalue weighted by Gasteiger charge is -2.12. The zero-order valence-corrected chi connectivity index (χ0v) is 18.4. The topological polar surface area (TPSA) is 58.6 Å². The summed E-state index contributed by atoms with van der Waals surface area (Å²) in [5.41, 5.74) is 0.967. The molecule has 0 aromatic heterocycles. The number of carbonyl (C=O) groups is 1. The van der Waals surface area contributed by atoms with Gasteiger partial charge in [-0.3, -0.25) is 0 Å². The molecule has 1 rings (SSSR count). The van der Waals surface area contributed by atoms with E-state index in [1.807, 2.05) is 49.4 Å². The Kier molecular flexibility index (Phi) is 14.9. The molecule has 0 bridgehead atoms. The second-order valence-electron chi connectivity index (χ2n) is 7.96. The van der Waals surface area contributed by atoms with Crippen LogP contribution in [0.15, 0.2) is 42.5 Å². The van der Waals surface area contributed by atoms with Gasteiger partial charge in [-0.05, 0) is 25.3 Å². The molecule has 29 heavy (non-hydrogen) atoms. The molecule has 1 unspecified atom stereocenters. The summed E-state index contributed by atoms with van der Waals surface area (Å²) in [5.74, 6) is 0. The van der Waals surface area contributed by atoms with E-state index in [9.17, 15) is 9.90 Å². The van der Waals surface area contributed by atoms with Crippen LogP contribution in [-0.2, 0) is 11.3 Å². The second kappa shape index (κ2) is 17.1. The van der Waals surface area contributed by atoms with Gasteiger partial charge in [0.15, 0.2) is 0 Å². The second-order valence-corrected chi connectivity index (χ2v) is 7.96. The quantitative estimate of drug-likeness (QED) is 0.244. The Bertz CT molecular complexity index is 544. The van der Waals surface area contributed by atoms with Gasteiger partial charge < -0.3 is 15.2 Å². The van der Waals surface area contributed by atoms with Crippen molar-refractivity contribution in [2.24, 2.45) is 0 Å². The lowest BCUT2D eigenvalue weighted by Crippen LogP contribution is -2.32. The van der Waals surface area contributed by atoms with Gasteiger partial charge in [-0.25, -0.2) is 4.79 Å². The minimum Gasteiger partial charge on any atom is -0.445 e. The summed E-state index contributed by atoms with van der Waals surface area (Å²) in [4.78, 5) is 11.8. The number of aliphatic hydroxyl groups is 1. The van der Waals surface area contributed by atoms with Crippen molar-refractivity contribution in [3.05, 3.63) is 48.0 Å². The number of nitrogens with one attached hydrogen (secondary N) is 1. The molecular formula is C25H41NO3. The SMILES string of the molecule is CCCCCCCCCCCC(O)/C=C/C[C@H](C)NC(=O)OCc1ccccc1. The zero-order valence-electron chi connectivity index (χ0n) is 18.4. The maximum absolute atomic E-state index is 11.8. The smallest absolute Gasteiger partial charge is 0.407 e. The molecule has 0 fully saturated rings. The Morgan fingerprint density at radius 2 is 1.66 bits per heavy atom. The molecule has 2 N–H and O–H groups in total. The first kappa shape index (κ1) is 25.2. The van der Waals surface area contributed by atoms with E-state index in [1.54, 1.807) is 0 Å². The number of benzene rings is 1. The minimum absolute atomic E-state index is 0.0329. The van der Waals surface area contributed by atoms with Crippen molar-refractivity contribution in [2.75, 3.05) is 0 Å². The Hall–Kier alpha value is -1.81. The highest BCUT2D eigenvalue weighted by Gasteiger charge is 2.07. The molecule has 0 heterocycles. The molecule has 0 saturated heterocycles. The van der Waals surface area contributed by atoms with Crippen LogP contribution in [0.4, 0.5) is 4.79 Å². The van der Waals surface area contributed by atoms with Gasteiger partial charge in [0, 0.05) is 6.04 Å². The fourth-order valence-electron chi connectivity index (χ4n) is 3.23. The van der Waals surface area contributed by atoms with Crippen molar-refractivity contribution in [2.45, 2.75) is 103 Å². The summed E-state index contributed by atoms with van der Waals surface area (Å²) in [6.07, 6.45) is 16.1. The fourth-order valence-corrected chi connectivity index (χ4v) is 3.23. The Morgan fingerprint density at radius 1 is 1.03 bits per heavy atom. The van der Waals surface area contributed by atoms with Crippen molar-refractivity contribution < 1.29 is 14.6 Å². The summed E-state index contributed by atoms with van der Waals surface area (Å²) in [7, 11) is 0. The van der Waals surface area contributed by atoms with Gasteiger partial charge in [0.05, 0.1) is 6.10 Å². The van der Waals surface area contributed by atoms with Crippen LogP contribution in [-0.4, -0.2) is 23.3 Å². The van der Waals surface area contributed by atoms with Crippen molar-refractivity contribution in [1.29, 1.82) is 0 Å². The molecule has 1 aromatic carbocycles. The maximum Gasteiger partial charge on any atom is 0.407 e. The number of amides is 1. The van der Waals surface area contributed by atoms with Crippen molar-refractivity contribution >= 4 is 6.09 Å². The third kappa shape index (κ3) is 14.8. The van der Waals surface area contributed by atoms with E-state index in [0.29, 0.717) is 6.42 Å². The number of hydrogen-bond acceptors (Lipinski definition) is 3. The first-order valence-corrected chi connectivity index (χ1v) is 11.4. The standard InChI is InChI=1S/C25H41NO3/c1-3-4-5-6-7-8-9-10-14-19-24(27)20-15-16-22(2)26-25(28)29-21-23-17-12-11-13-18-23/h11-13,15,17-18,20,22,24,27H,3-10,14,16,19,21H2,1-2H3,(H,26,28)/b20-15+/t22-,24?/m0/s1. The van der Waals surface area contributed by atoms with Crippen LogP contribution in [0.3, 0.4) is 0 Å². The number of carbonyl (C=O) groups excluding carboxylic acids is 1. The molecule has 0 aliphatic rings. The van der Waals surface area contributed by atoms with E-state index in [4.69, 9.17) is 4.74 Å². The molecule has 4 nitrogen and oxygen atoms in total. The first-order valence-electron chi connectivity index (χ1n) is 11.4. The predicted octanol–water partition coefficient (Wildman–Crippen LogP) is 6.53. The summed E-state index contributed by atoms with van der Waals surface area (Å²) in [6.45, 7) is 4.45. The zero-order chi connectivity index (χ0) is 21.2. The third-order valence-electron chi connectivity index (χ3n) is 5.03. The highest BCUT2D eigenvalue weighted by molar-refractivity contribution is 5.67. The number of rotatable bonds is 16. The molecule has 2 atom stereocenters. The average molecular weight is 404 g/mol. The van der Waals surface area contributed by atoms with Crippen LogP contribution >= 0.6 is 0 Å². The Labute approximate surface area is 177 Å². The molecule has 0 aliphatic carbocycles. The summed E-state index contributed by atoms with van der Waals surface area (Å²) in [5, 5.41) is 12.9. The van der Waals surface area contributed by atoms with Gasteiger partial charge in [-0.15, -0.1) is 0 Å². The molecule has 4 heteroatoms. The number of alkyl carbamates (subject to hydrolysis) is 1. The molecule has 0 radical (unpaired) electrons. The Morgan fingerprint density at radius 3 is 2.31 bits per heavy atom. The third-order valence-corrected chi connectivity index (χ3v) is 5.03. The van der Waals surface area contributed by atoms with E-state index >= 15 is 0 Å². The highest BCUT2D eigenvalue weighted by atomic mass is 16.5. The fraction of sp³-hybridized carbons (Fsp3) is 0.640. The van der Waals surface area contributed by atoms with Crippen LogP contribution in [0, 0.1) is 0 Å². The number of hydrogen-bond donors (Lipinski definition) is 2. The first-order chi connectivity index (χ1) is 14.1. The molecular weight excluding hydrogens is 362 g/mol. The van der Waals surface area contributed by atoms with Crippen LogP contribution in [0.2, 0.25) is 0 Å². The van der Waals surface area contributed by atoms with E-state index in [1.165, 1.54) is 51.4 Å². The van der Waals surface area contributed by atoms with Crippen molar-refractivity contribution in [1.82, 2.24) is 5.32 Å².